The number of esters is 1. The fourth-order valence-electron chi connectivity index (χ4n) is 3.22. The summed E-state index contributed by atoms with van der Waals surface area (Å²) in [6.07, 6.45) is 2.15. The first kappa shape index (κ1) is 16.8. The summed E-state index contributed by atoms with van der Waals surface area (Å²) in [7, 11) is 1.31. The first-order chi connectivity index (χ1) is 13.2. The minimum Gasteiger partial charge on any atom is -0.467 e. The van der Waals surface area contributed by atoms with Gasteiger partial charge in [0.25, 0.3) is 5.91 Å². The zero-order valence-electron chi connectivity index (χ0n) is 14.7. The first-order valence-corrected chi connectivity index (χ1v) is 8.54. The number of methoxy groups -OCH3 is 1. The van der Waals surface area contributed by atoms with E-state index in [1.165, 1.54) is 7.11 Å². The number of nitrogens with one attached hydrogen (secondary N) is 3. The fourth-order valence-corrected chi connectivity index (χ4v) is 3.22. The third-order valence-corrected chi connectivity index (χ3v) is 4.58. The molecule has 0 saturated carbocycles. The summed E-state index contributed by atoms with van der Waals surface area (Å²) in [4.78, 5) is 28.2. The highest BCUT2D eigenvalue weighted by Crippen LogP contribution is 2.20. The molecule has 4 aromatic rings. The third kappa shape index (κ3) is 3.15. The van der Waals surface area contributed by atoms with Crippen LogP contribution in [0.15, 0.2) is 54.7 Å². The second-order valence-electron chi connectivity index (χ2n) is 6.23. The van der Waals surface area contributed by atoms with Gasteiger partial charge < -0.3 is 15.0 Å². The number of hydrogen-bond acceptors (Lipinski definition) is 4. The monoisotopic (exact) mass is 362 g/mol. The van der Waals surface area contributed by atoms with Crippen LogP contribution >= 0.6 is 0 Å². The van der Waals surface area contributed by atoms with Gasteiger partial charge in [0, 0.05) is 28.9 Å². The van der Waals surface area contributed by atoms with Gasteiger partial charge in [0.15, 0.2) is 5.69 Å². The lowest BCUT2D eigenvalue weighted by molar-refractivity contribution is -0.142. The van der Waals surface area contributed by atoms with Crippen molar-refractivity contribution in [2.75, 3.05) is 7.11 Å². The van der Waals surface area contributed by atoms with Crippen molar-refractivity contribution in [2.24, 2.45) is 0 Å². The average Bonchev–Trinajstić information content (AvgIpc) is 3.31. The fraction of sp³-hybridized carbons (Fsp3) is 0.150. The van der Waals surface area contributed by atoms with E-state index in [-0.39, 0.29) is 5.69 Å². The zero-order valence-corrected chi connectivity index (χ0v) is 14.7. The number of carbonyl (C=O) groups excluding carboxylic acids is 2. The highest BCUT2D eigenvalue weighted by atomic mass is 16.5. The maximum atomic E-state index is 12.7. The van der Waals surface area contributed by atoms with Crippen LogP contribution in [0.2, 0.25) is 0 Å². The van der Waals surface area contributed by atoms with Gasteiger partial charge in [-0.05, 0) is 17.7 Å². The van der Waals surface area contributed by atoms with E-state index < -0.39 is 17.9 Å². The molecule has 3 N–H and O–H groups in total. The van der Waals surface area contributed by atoms with Crippen LogP contribution in [0.4, 0.5) is 0 Å². The van der Waals surface area contributed by atoms with Crippen molar-refractivity contribution in [2.45, 2.75) is 12.5 Å². The van der Waals surface area contributed by atoms with Gasteiger partial charge in [0.05, 0.1) is 12.6 Å². The molecule has 1 atom stereocenters. The van der Waals surface area contributed by atoms with Crippen LogP contribution in [0.5, 0.6) is 0 Å². The molecule has 4 rings (SSSR count). The van der Waals surface area contributed by atoms with Gasteiger partial charge in [0.2, 0.25) is 0 Å². The van der Waals surface area contributed by atoms with Crippen LogP contribution in [-0.4, -0.2) is 40.2 Å². The van der Waals surface area contributed by atoms with Gasteiger partial charge in [-0.1, -0.05) is 36.4 Å². The molecule has 0 unspecified atom stereocenters. The number of hydrogen-bond donors (Lipinski definition) is 3. The molecule has 0 spiro atoms. The predicted octanol–water partition coefficient (Wildman–Crippen LogP) is 2.56. The minimum atomic E-state index is -0.822. The Kier molecular flexibility index (Phi) is 4.33. The highest BCUT2D eigenvalue weighted by molar-refractivity contribution is 6.05. The number of aromatic amines is 2. The van der Waals surface area contributed by atoms with Crippen molar-refractivity contribution in [1.29, 1.82) is 0 Å². The molecule has 136 valence electrons. The number of carbonyl (C=O) groups is 2. The maximum absolute atomic E-state index is 12.7. The van der Waals surface area contributed by atoms with Gasteiger partial charge in [-0.3, -0.25) is 9.89 Å². The minimum absolute atomic E-state index is 0.249. The summed E-state index contributed by atoms with van der Waals surface area (Å²) >= 11 is 0. The zero-order chi connectivity index (χ0) is 18.8. The molecule has 27 heavy (non-hydrogen) atoms. The van der Waals surface area contributed by atoms with Crippen molar-refractivity contribution in [3.8, 4) is 0 Å². The number of amides is 1. The molecule has 0 aliphatic carbocycles. The van der Waals surface area contributed by atoms with Gasteiger partial charge in [-0.2, -0.15) is 5.10 Å². The standard InChI is InChI=1S/C20H18N4O3/c1-27-20(26)17(10-12-11-21-15-8-4-2-6-13(12)15)22-19(25)18-14-7-3-5-9-16(14)23-24-18/h2-9,11,17,21H,10H2,1H3,(H,22,25)(H,23,24)/t17-/m1/s1. The van der Waals surface area contributed by atoms with Crippen molar-refractivity contribution in [3.05, 3.63) is 66.0 Å². The second-order valence-corrected chi connectivity index (χ2v) is 6.23. The van der Waals surface area contributed by atoms with Crippen LogP contribution in [-0.2, 0) is 16.0 Å². The number of H-pyrrole nitrogens is 2. The summed E-state index contributed by atoms with van der Waals surface area (Å²) in [6.45, 7) is 0. The second kappa shape index (κ2) is 6.95. The Hall–Kier alpha value is -3.61. The molecule has 1 amide bonds. The van der Waals surface area contributed by atoms with E-state index in [1.54, 1.807) is 6.07 Å². The Balaban J connectivity index is 1.61. The molecule has 0 fully saturated rings. The number of ether oxygens (including phenoxy) is 1. The molecule has 2 aromatic heterocycles. The van der Waals surface area contributed by atoms with E-state index in [0.717, 1.165) is 22.0 Å². The first-order valence-electron chi connectivity index (χ1n) is 8.54. The third-order valence-electron chi connectivity index (χ3n) is 4.58. The summed E-state index contributed by atoms with van der Waals surface area (Å²) in [6, 6.07) is 14.3. The number of nitrogens with zero attached hydrogens (tertiary/aromatic N) is 1. The lowest BCUT2D eigenvalue weighted by atomic mass is 10.0. The smallest absolute Gasteiger partial charge is 0.328 e. The molecule has 0 radical (unpaired) electrons. The van der Waals surface area contributed by atoms with Crippen molar-refractivity contribution in [3.63, 3.8) is 0 Å². The largest absolute Gasteiger partial charge is 0.467 e. The molecule has 0 bridgehead atoms. The van der Waals surface area contributed by atoms with E-state index in [4.69, 9.17) is 4.74 Å². The van der Waals surface area contributed by atoms with Crippen LogP contribution in [0.1, 0.15) is 16.1 Å². The van der Waals surface area contributed by atoms with E-state index in [1.807, 2.05) is 48.7 Å². The lowest BCUT2D eigenvalue weighted by Gasteiger charge is -2.15. The number of rotatable bonds is 5. The summed E-state index contributed by atoms with van der Waals surface area (Å²) in [5.41, 5.74) is 2.90. The van der Waals surface area contributed by atoms with Gasteiger partial charge in [0.1, 0.15) is 6.04 Å². The summed E-state index contributed by atoms with van der Waals surface area (Å²) in [5, 5.41) is 11.4. The summed E-state index contributed by atoms with van der Waals surface area (Å²) < 4.78 is 4.89. The van der Waals surface area contributed by atoms with Crippen LogP contribution in [0.3, 0.4) is 0 Å². The van der Waals surface area contributed by atoms with Gasteiger partial charge >= 0.3 is 5.97 Å². The van der Waals surface area contributed by atoms with Gasteiger partial charge in [-0.25, -0.2) is 4.79 Å². The molecule has 7 nitrogen and oxygen atoms in total. The number of fused-ring (bicyclic) bond motifs is 2. The molecule has 2 heterocycles. The van der Waals surface area contributed by atoms with Crippen LogP contribution in [0.25, 0.3) is 21.8 Å². The van der Waals surface area contributed by atoms with E-state index >= 15 is 0 Å². The predicted molar refractivity (Wildman–Crippen MR) is 101 cm³/mol. The summed E-state index contributed by atoms with van der Waals surface area (Å²) in [5.74, 6) is -0.934. The normalized spacial score (nSPS) is 12.2. The average molecular weight is 362 g/mol. The van der Waals surface area contributed by atoms with Crippen molar-refractivity contribution < 1.29 is 14.3 Å². The van der Waals surface area contributed by atoms with Crippen molar-refractivity contribution in [1.82, 2.24) is 20.5 Å². The molecule has 0 saturated heterocycles. The molecule has 0 aliphatic heterocycles. The maximum Gasteiger partial charge on any atom is 0.328 e. The Morgan fingerprint density at radius 2 is 1.78 bits per heavy atom. The number of para-hydroxylation sites is 2. The van der Waals surface area contributed by atoms with E-state index in [2.05, 4.69) is 20.5 Å². The Labute approximate surface area is 154 Å². The topological polar surface area (TPSA) is 99.9 Å². The quantitative estimate of drug-likeness (QED) is 0.475. The van der Waals surface area contributed by atoms with E-state index in [0.29, 0.717) is 11.8 Å². The lowest BCUT2D eigenvalue weighted by Crippen LogP contribution is -2.43. The van der Waals surface area contributed by atoms with Gasteiger partial charge in [-0.15, -0.1) is 0 Å². The Bertz CT molecular complexity index is 1130. The Morgan fingerprint density at radius 3 is 2.56 bits per heavy atom. The molecule has 0 aliphatic rings. The Morgan fingerprint density at radius 1 is 1.07 bits per heavy atom. The van der Waals surface area contributed by atoms with E-state index in [9.17, 15) is 9.59 Å². The van der Waals surface area contributed by atoms with Crippen molar-refractivity contribution >= 4 is 33.7 Å². The van der Waals surface area contributed by atoms with Crippen LogP contribution in [0, 0.1) is 0 Å². The molecule has 2 aromatic carbocycles. The SMILES string of the molecule is COC(=O)[C@@H](Cc1c[nH]c2ccccc12)NC(=O)c1n[nH]c2ccccc12. The molecular weight excluding hydrogens is 344 g/mol. The number of aromatic nitrogens is 3. The van der Waals surface area contributed by atoms with Crippen LogP contribution < -0.4 is 5.32 Å². The molecular formula is C20H18N4O3. The number of benzene rings is 2. The highest BCUT2D eigenvalue weighted by Gasteiger charge is 2.25. The molecule has 7 heteroatoms.